The van der Waals surface area contributed by atoms with Gasteiger partial charge in [-0.2, -0.15) is 0 Å². The zero-order valence-electron chi connectivity index (χ0n) is 17.0. The van der Waals surface area contributed by atoms with Crippen LogP contribution in [0.2, 0.25) is 0 Å². The first-order chi connectivity index (χ1) is 14.7. The molecular weight excluding hydrogens is 414 g/mol. The molecule has 1 fully saturated rings. The molecule has 8 heteroatoms. The third kappa shape index (κ3) is 5.52. The first kappa shape index (κ1) is 20.7. The molecular formula is C22H25N5OS2. The van der Waals surface area contributed by atoms with Gasteiger partial charge in [0.05, 0.1) is 5.75 Å². The van der Waals surface area contributed by atoms with Crippen LogP contribution in [-0.4, -0.2) is 52.9 Å². The number of aromatic nitrogens is 2. The maximum atomic E-state index is 12.6. The van der Waals surface area contributed by atoms with Crippen LogP contribution < -0.4 is 10.2 Å². The van der Waals surface area contributed by atoms with E-state index in [0.717, 1.165) is 35.7 Å². The number of carbonyl (C=O) groups is 1. The average molecular weight is 440 g/mol. The number of amides is 1. The molecule has 3 aromatic rings. The summed E-state index contributed by atoms with van der Waals surface area (Å²) >= 11 is 2.95. The molecule has 2 heterocycles. The molecule has 0 bridgehead atoms. The Kier molecular flexibility index (Phi) is 6.86. The van der Waals surface area contributed by atoms with E-state index in [1.165, 1.54) is 39.9 Å². The normalized spacial score (nSPS) is 14.0. The van der Waals surface area contributed by atoms with Crippen molar-refractivity contribution in [1.29, 1.82) is 0 Å². The van der Waals surface area contributed by atoms with Crippen LogP contribution in [0.3, 0.4) is 0 Å². The Morgan fingerprint density at radius 3 is 2.63 bits per heavy atom. The van der Waals surface area contributed by atoms with Gasteiger partial charge in [0.15, 0.2) is 4.34 Å². The number of hydrogen-bond acceptors (Lipinski definition) is 7. The SMILES string of the molecule is Cc1cccc(N2CCN(C(=O)CSc3nnc(NCc4ccccc4)s3)CC2)c1. The van der Waals surface area contributed by atoms with E-state index in [9.17, 15) is 4.79 Å². The Labute approximate surface area is 185 Å². The minimum absolute atomic E-state index is 0.165. The van der Waals surface area contributed by atoms with E-state index in [0.29, 0.717) is 12.3 Å². The number of piperazine rings is 1. The molecule has 0 radical (unpaired) electrons. The van der Waals surface area contributed by atoms with Crippen LogP contribution in [0.4, 0.5) is 10.8 Å². The van der Waals surface area contributed by atoms with Crippen LogP contribution in [0.1, 0.15) is 11.1 Å². The predicted molar refractivity (Wildman–Crippen MR) is 124 cm³/mol. The minimum Gasteiger partial charge on any atom is -0.368 e. The highest BCUT2D eigenvalue weighted by Crippen LogP contribution is 2.26. The van der Waals surface area contributed by atoms with Gasteiger partial charge >= 0.3 is 0 Å². The van der Waals surface area contributed by atoms with Gasteiger partial charge in [0.25, 0.3) is 0 Å². The maximum absolute atomic E-state index is 12.6. The van der Waals surface area contributed by atoms with E-state index in [1.807, 2.05) is 23.1 Å². The lowest BCUT2D eigenvalue weighted by Gasteiger charge is -2.36. The number of rotatable bonds is 7. The Hall–Kier alpha value is -2.58. The number of thioether (sulfide) groups is 1. The summed E-state index contributed by atoms with van der Waals surface area (Å²) in [6.45, 7) is 6.07. The summed E-state index contributed by atoms with van der Waals surface area (Å²) in [6.07, 6.45) is 0. The van der Waals surface area contributed by atoms with Crippen molar-refractivity contribution in [2.24, 2.45) is 0 Å². The number of aryl methyl sites for hydroxylation is 1. The molecule has 0 unspecified atom stereocenters. The Morgan fingerprint density at radius 2 is 1.87 bits per heavy atom. The Bertz CT molecular complexity index is 970. The van der Waals surface area contributed by atoms with Gasteiger partial charge in [-0.25, -0.2) is 0 Å². The van der Waals surface area contributed by atoms with Crippen LogP contribution in [0, 0.1) is 6.92 Å². The summed E-state index contributed by atoms with van der Waals surface area (Å²) in [4.78, 5) is 16.9. The highest BCUT2D eigenvalue weighted by atomic mass is 32.2. The summed E-state index contributed by atoms with van der Waals surface area (Å²) in [5, 5.41) is 12.4. The summed E-state index contributed by atoms with van der Waals surface area (Å²) in [6, 6.07) is 18.7. The van der Waals surface area contributed by atoms with Gasteiger partial charge in [0.1, 0.15) is 0 Å². The molecule has 2 aromatic carbocycles. The number of anilines is 2. The van der Waals surface area contributed by atoms with Gasteiger partial charge in [-0.1, -0.05) is 65.6 Å². The fourth-order valence-electron chi connectivity index (χ4n) is 3.37. The van der Waals surface area contributed by atoms with Crippen LogP contribution in [0.5, 0.6) is 0 Å². The minimum atomic E-state index is 0.165. The molecule has 4 rings (SSSR count). The summed E-state index contributed by atoms with van der Waals surface area (Å²) in [5.41, 5.74) is 3.69. The smallest absolute Gasteiger partial charge is 0.233 e. The van der Waals surface area contributed by atoms with E-state index in [4.69, 9.17) is 0 Å². The van der Waals surface area contributed by atoms with Crippen molar-refractivity contribution in [2.45, 2.75) is 17.8 Å². The van der Waals surface area contributed by atoms with Crippen molar-refractivity contribution in [3.8, 4) is 0 Å². The molecule has 1 aliphatic heterocycles. The van der Waals surface area contributed by atoms with E-state index in [-0.39, 0.29) is 5.91 Å². The van der Waals surface area contributed by atoms with Crippen LogP contribution in [-0.2, 0) is 11.3 Å². The molecule has 30 heavy (non-hydrogen) atoms. The number of carbonyl (C=O) groups excluding carboxylic acids is 1. The topological polar surface area (TPSA) is 61.4 Å². The van der Waals surface area contributed by atoms with Crippen LogP contribution in [0.15, 0.2) is 58.9 Å². The summed E-state index contributed by atoms with van der Waals surface area (Å²) in [7, 11) is 0. The number of nitrogens with zero attached hydrogens (tertiary/aromatic N) is 4. The van der Waals surface area contributed by atoms with Crippen LogP contribution in [0.25, 0.3) is 0 Å². The zero-order valence-corrected chi connectivity index (χ0v) is 18.6. The highest BCUT2D eigenvalue weighted by molar-refractivity contribution is 8.01. The Morgan fingerprint density at radius 1 is 1.07 bits per heavy atom. The number of benzene rings is 2. The molecule has 156 valence electrons. The molecule has 0 spiro atoms. The standard InChI is InChI=1S/C22H25N5OS2/c1-17-6-5-9-19(14-17)26-10-12-27(13-11-26)20(28)16-29-22-25-24-21(30-22)23-15-18-7-3-2-4-8-18/h2-9,14H,10-13,15-16H2,1H3,(H,23,24). The van der Waals surface area contributed by atoms with Gasteiger partial charge in [0, 0.05) is 38.4 Å². The molecule has 0 atom stereocenters. The van der Waals surface area contributed by atoms with E-state index >= 15 is 0 Å². The first-order valence-corrected chi connectivity index (χ1v) is 11.8. The number of hydrogen-bond donors (Lipinski definition) is 1. The van der Waals surface area contributed by atoms with Gasteiger partial charge in [-0.15, -0.1) is 10.2 Å². The third-order valence-electron chi connectivity index (χ3n) is 5.01. The average Bonchev–Trinajstić information content (AvgIpc) is 3.25. The van der Waals surface area contributed by atoms with Gasteiger partial charge in [0.2, 0.25) is 11.0 Å². The fraction of sp³-hybridized carbons (Fsp3) is 0.318. The first-order valence-electron chi connectivity index (χ1n) is 10.0. The maximum Gasteiger partial charge on any atom is 0.233 e. The monoisotopic (exact) mass is 439 g/mol. The second-order valence-corrected chi connectivity index (χ2v) is 9.41. The van der Waals surface area contributed by atoms with Crippen molar-refractivity contribution in [1.82, 2.24) is 15.1 Å². The van der Waals surface area contributed by atoms with Gasteiger partial charge in [-0.05, 0) is 30.2 Å². The van der Waals surface area contributed by atoms with E-state index < -0.39 is 0 Å². The second-order valence-electron chi connectivity index (χ2n) is 7.21. The largest absolute Gasteiger partial charge is 0.368 e. The van der Waals surface area contributed by atoms with E-state index in [2.05, 4.69) is 63.7 Å². The van der Waals surface area contributed by atoms with Crippen molar-refractivity contribution in [3.05, 3.63) is 65.7 Å². The highest BCUT2D eigenvalue weighted by Gasteiger charge is 2.21. The molecule has 1 saturated heterocycles. The van der Waals surface area contributed by atoms with Crippen molar-refractivity contribution < 1.29 is 4.79 Å². The molecule has 1 aliphatic rings. The quantitative estimate of drug-likeness (QED) is 0.564. The predicted octanol–water partition coefficient (Wildman–Crippen LogP) is 3.90. The lowest BCUT2D eigenvalue weighted by atomic mass is 10.2. The summed E-state index contributed by atoms with van der Waals surface area (Å²) in [5.74, 6) is 0.565. The molecule has 1 N–H and O–H groups in total. The van der Waals surface area contributed by atoms with Crippen molar-refractivity contribution in [2.75, 3.05) is 42.1 Å². The number of nitrogens with one attached hydrogen (secondary N) is 1. The van der Waals surface area contributed by atoms with Crippen LogP contribution >= 0.6 is 23.1 Å². The molecule has 0 saturated carbocycles. The van der Waals surface area contributed by atoms with Crippen molar-refractivity contribution in [3.63, 3.8) is 0 Å². The molecule has 1 aromatic heterocycles. The van der Waals surface area contributed by atoms with Crippen molar-refractivity contribution >= 4 is 39.8 Å². The molecule has 6 nitrogen and oxygen atoms in total. The fourth-order valence-corrected chi connectivity index (χ4v) is 5.02. The summed E-state index contributed by atoms with van der Waals surface area (Å²) < 4.78 is 0.817. The third-order valence-corrected chi connectivity index (χ3v) is 7.01. The van der Waals surface area contributed by atoms with E-state index in [1.54, 1.807) is 0 Å². The lowest BCUT2D eigenvalue weighted by Crippen LogP contribution is -2.49. The molecule has 0 aliphatic carbocycles. The van der Waals surface area contributed by atoms with Gasteiger partial charge in [-0.3, -0.25) is 4.79 Å². The van der Waals surface area contributed by atoms with Gasteiger partial charge < -0.3 is 15.1 Å². The molecule has 1 amide bonds. The zero-order chi connectivity index (χ0) is 20.8. The Balaban J connectivity index is 1.21. The lowest BCUT2D eigenvalue weighted by molar-refractivity contribution is -0.128. The second kappa shape index (κ2) is 9.95.